The van der Waals surface area contributed by atoms with E-state index in [0.29, 0.717) is 12.6 Å². The summed E-state index contributed by atoms with van der Waals surface area (Å²) in [5, 5.41) is 9.35. The van der Waals surface area contributed by atoms with Crippen LogP contribution in [0.5, 0.6) is 0 Å². The summed E-state index contributed by atoms with van der Waals surface area (Å²) in [6, 6.07) is 1.24. The Morgan fingerprint density at radius 3 is 2.42 bits per heavy atom. The first-order valence-electron chi connectivity index (χ1n) is 8.86. The molecule has 0 bridgehead atoms. The van der Waals surface area contributed by atoms with Gasteiger partial charge in [-0.3, -0.25) is 9.89 Å². The molecule has 0 radical (unpaired) electrons. The minimum absolute atomic E-state index is 0.373. The highest BCUT2D eigenvalue weighted by atomic mass is 16.6. The van der Waals surface area contributed by atoms with Gasteiger partial charge < -0.3 is 20.7 Å². The van der Waals surface area contributed by atoms with Gasteiger partial charge in [0.15, 0.2) is 5.96 Å². The third-order valence-corrected chi connectivity index (χ3v) is 3.92. The Kier molecular flexibility index (Phi) is 8.31. The fourth-order valence-corrected chi connectivity index (χ4v) is 2.25. The van der Waals surface area contributed by atoms with Crippen molar-refractivity contribution in [1.29, 1.82) is 0 Å². The summed E-state index contributed by atoms with van der Waals surface area (Å²) < 4.78 is 5.19. The average molecular weight is 342 g/mol. The number of hydrogen-bond donors (Lipinski definition) is 3. The van der Waals surface area contributed by atoms with Crippen LogP contribution in [0.3, 0.4) is 0 Å². The number of nitrogens with zero attached hydrogens (tertiary/aromatic N) is 2. The number of guanidine groups is 1. The molecule has 0 saturated heterocycles. The molecule has 1 unspecified atom stereocenters. The van der Waals surface area contributed by atoms with E-state index in [-0.39, 0.29) is 6.09 Å². The number of carbonyl (C=O) groups is 1. The van der Waals surface area contributed by atoms with Crippen molar-refractivity contribution in [2.24, 2.45) is 4.99 Å². The average Bonchev–Trinajstić information content (AvgIpc) is 3.31. The maximum absolute atomic E-state index is 11.5. The van der Waals surface area contributed by atoms with Gasteiger partial charge in [-0.1, -0.05) is 0 Å². The van der Waals surface area contributed by atoms with Gasteiger partial charge in [-0.2, -0.15) is 0 Å². The number of aliphatic imine (C=N–C) groups is 1. The van der Waals surface area contributed by atoms with E-state index in [9.17, 15) is 4.79 Å². The molecule has 24 heavy (non-hydrogen) atoms. The molecule has 0 aromatic carbocycles. The maximum atomic E-state index is 11.5. The second-order valence-electron chi connectivity index (χ2n) is 7.41. The topological polar surface area (TPSA) is 78.0 Å². The normalized spacial score (nSPS) is 16.7. The highest BCUT2D eigenvalue weighted by Gasteiger charge is 2.28. The van der Waals surface area contributed by atoms with E-state index in [4.69, 9.17) is 4.74 Å². The summed E-state index contributed by atoms with van der Waals surface area (Å²) in [4.78, 5) is 18.2. The van der Waals surface area contributed by atoms with Crippen molar-refractivity contribution in [2.75, 3.05) is 33.7 Å². The third-order valence-electron chi connectivity index (χ3n) is 3.92. The zero-order chi connectivity index (χ0) is 18.2. The van der Waals surface area contributed by atoms with E-state index < -0.39 is 5.60 Å². The smallest absolute Gasteiger partial charge is 0.407 e. The molecule has 1 rings (SSSR count). The highest BCUT2D eigenvalue weighted by Crippen LogP contribution is 2.26. The Hall–Kier alpha value is -1.50. The SMILES string of the molecule is CN=C(NCCCNC(=O)OC(C)(C)C)NCC(C)N(C)C1CC1. The summed E-state index contributed by atoms with van der Waals surface area (Å²) in [6.45, 7) is 9.95. The van der Waals surface area contributed by atoms with Gasteiger partial charge >= 0.3 is 6.09 Å². The quantitative estimate of drug-likeness (QED) is 0.355. The van der Waals surface area contributed by atoms with Crippen LogP contribution in [0.1, 0.15) is 47.0 Å². The molecule has 1 atom stereocenters. The minimum Gasteiger partial charge on any atom is -0.444 e. The zero-order valence-electron chi connectivity index (χ0n) is 16.1. The molecule has 7 heteroatoms. The lowest BCUT2D eigenvalue weighted by molar-refractivity contribution is 0.0527. The lowest BCUT2D eigenvalue weighted by Gasteiger charge is -2.25. The second kappa shape index (κ2) is 9.71. The van der Waals surface area contributed by atoms with Gasteiger partial charge in [-0.25, -0.2) is 4.79 Å². The third kappa shape index (κ3) is 8.96. The lowest BCUT2D eigenvalue weighted by atomic mass is 10.2. The molecule has 1 aliphatic carbocycles. The Bertz CT molecular complexity index is 416. The summed E-state index contributed by atoms with van der Waals surface area (Å²) in [5.74, 6) is 0.795. The van der Waals surface area contributed by atoms with Crippen LogP contribution in [0.15, 0.2) is 4.99 Å². The first-order chi connectivity index (χ1) is 11.2. The molecule has 0 aromatic heterocycles. The summed E-state index contributed by atoms with van der Waals surface area (Å²) in [5.41, 5.74) is -0.460. The second-order valence-corrected chi connectivity index (χ2v) is 7.41. The minimum atomic E-state index is -0.460. The Morgan fingerprint density at radius 1 is 1.25 bits per heavy atom. The number of amides is 1. The van der Waals surface area contributed by atoms with Crippen LogP contribution in [-0.2, 0) is 4.74 Å². The summed E-state index contributed by atoms with van der Waals surface area (Å²) in [6.07, 6.45) is 3.07. The molecule has 0 heterocycles. The molecule has 1 amide bonds. The van der Waals surface area contributed by atoms with Crippen LogP contribution >= 0.6 is 0 Å². The van der Waals surface area contributed by atoms with Gasteiger partial charge in [-0.05, 0) is 54.0 Å². The monoisotopic (exact) mass is 341 g/mol. The van der Waals surface area contributed by atoms with Crippen LogP contribution in [0.4, 0.5) is 4.79 Å². The lowest BCUT2D eigenvalue weighted by Crippen LogP contribution is -2.45. The van der Waals surface area contributed by atoms with Crippen molar-refractivity contribution in [1.82, 2.24) is 20.9 Å². The Labute approximate surface area is 146 Å². The van der Waals surface area contributed by atoms with E-state index in [1.807, 2.05) is 20.8 Å². The molecular formula is C17H35N5O2. The standard InChI is InChI=1S/C17H35N5O2/c1-13(22(6)14-8-9-14)12-21-15(18-5)19-10-7-11-20-16(23)24-17(2,3)4/h13-14H,7-12H2,1-6H3,(H,20,23)(H2,18,19,21). The Balaban J connectivity index is 2.10. The predicted octanol–water partition coefficient (Wildman–Crippen LogP) is 1.55. The van der Waals surface area contributed by atoms with Crippen molar-refractivity contribution < 1.29 is 9.53 Å². The molecule has 7 nitrogen and oxygen atoms in total. The van der Waals surface area contributed by atoms with Gasteiger partial charge in [0.1, 0.15) is 5.60 Å². The highest BCUT2D eigenvalue weighted by molar-refractivity contribution is 5.79. The van der Waals surface area contributed by atoms with Gasteiger partial charge in [-0.15, -0.1) is 0 Å². The fraction of sp³-hybridized carbons (Fsp3) is 0.882. The Morgan fingerprint density at radius 2 is 1.88 bits per heavy atom. The number of nitrogens with one attached hydrogen (secondary N) is 3. The molecule has 3 N–H and O–H groups in total. The number of rotatable bonds is 8. The first kappa shape index (κ1) is 20.5. The van der Waals surface area contributed by atoms with Gasteiger partial charge in [0.25, 0.3) is 0 Å². The van der Waals surface area contributed by atoms with Gasteiger partial charge in [0.2, 0.25) is 0 Å². The molecule has 1 aliphatic rings. The van der Waals surface area contributed by atoms with Crippen LogP contribution in [0.2, 0.25) is 0 Å². The van der Waals surface area contributed by atoms with Crippen LogP contribution < -0.4 is 16.0 Å². The first-order valence-corrected chi connectivity index (χ1v) is 8.86. The molecule has 0 spiro atoms. The number of carbonyl (C=O) groups excluding carboxylic acids is 1. The molecule has 1 fully saturated rings. The van der Waals surface area contributed by atoms with E-state index in [1.165, 1.54) is 12.8 Å². The fourth-order valence-electron chi connectivity index (χ4n) is 2.25. The maximum Gasteiger partial charge on any atom is 0.407 e. The summed E-state index contributed by atoms with van der Waals surface area (Å²) >= 11 is 0. The number of likely N-dealkylation sites (N-methyl/N-ethyl adjacent to an activating group) is 1. The van der Waals surface area contributed by atoms with Crippen molar-refractivity contribution in [3.8, 4) is 0 Å². The molecule has 0 aromatic rings. The van der Waals surface area contributed by atoms with E-state index in [0.717, 1.165) is 31.5 Å². The largest absolute Gasteiger partial charge is 0.444 e. The number of hydrogen-bond acceptors (Lipinski definition) is 4. The molecule has 1 saturated carbocycles. The van der Waals surface area contributed by atoms with E-state index in [1.54, 1.807) is 7.05 Å². The van der Waals surface area contributed by atoms with Crippen molar-refractivity contribution in [2.45, 2.75) is 64.6 Å². The van der Waals surface area contributed by atoms with Gasteiger partial charge in [0, 0.05) is 38.8 Å². The molecular weight excluding hydrogens is 306 g/mol. The van der Waals surface area contributed by atoms with Crippen LogP contribution in [0, 0.1) is 0 Å². The molecule has 140 valence electrons. The molecule has 0 aliphatic heterocycles. The van der Waals surface area contributed by atoms with Crippen molar-refractivity contribution in [3.05, 3.63) is 0 Å². The zero-order valence-corrected chi connectivity index (χ0v) is 16.1. The number of alkyl carbamates (subject to hydrolysis) is 1. The van der Waals surface area contributed by atoms with Crippen molar-refractivity contribution in [3.63, 3.8) is 0 Å². The predicted molar refractivity (Wildman–Crippen MR) is 98.5 cm³/mol. The van der Waals surface area contributed by atoms with Gasteiger partial charge in [0.05, 0.1) is 0 Å². The van der Waals surface area contributed by atoms with E-state index in [2.05, 4.69) is 39.8 Å². The van der Waals surface area contributed by atoms with Crippen molar-refractivity contribution >= 4 is 12.1 Å². The number of ether oxygens (including phenoxy) is 1. The van der Waals surface area contributed by atoms with Crippen LogP contribution in [-0.4, -0.2) is 68.4 Å². The van der Waals surface area contributed by atoms with E-state index >= 15 is 0 Å². The van der Waals surface area contributed by atoms with Crippen LogP contribution in [0.25, 0.3) is 0 Å². The summed E-state index contributed by atoms with van der Waals surface area (Å²) in [7, 11) is 3.95.